The van der Waals surface area contributed by atoms with Gasteiger partial charge in [-0.05, 0) is 62.3 Å². The van der Waals surface area contributed by atoms with Crippen LogP contribution in [-0.4, -0.2) is 86.9 Å². The molecule has 2 aliphatic carbocycles. The number of likely N-dealkylation sites (N-methyl/N-ethyl adjacent to an activating group) is 1. The molecule has 44 heavy (non-hydrogen) atoms. The first-order valence-electron chi connectivity index (χ1n) is 15.6. The van der Waals surface area contributed by atoms with E-state index < -0.39 is 15.4 Å². The summed E-state index contributed by atoms with van der Waals surface area (Å²) in [6, 6.07) is 8.57. The van der Waals surface area contributed by atoms with Crippen molar-refractivity contribution in [2.45, 2.75) is 61.7 Å². The summed E-state index contributed by atoms with van der Waals surface area (Å²) < 4.78 is 34.8. The number of benzene rings is 1. The average Bonchev–Trinajstić information content (AvgIpc) is 3.84. The van der Waals surface area contributed by atoms with Gasteiger partial charge in [0, 0.05) is 62.0 Å². The van der Waals surface area contributed by atoms with E-state index in [0.29, 0.717) is 30.4 Å². The van der Waals surface area contributed by atoms with Crippen molar-refractivity contribution in [2.75, 3.05) is 61.0 Å². The van der Waals surface area contributed by atoms with Gasteiger partial charge in [0.25, 0.3) is 0 Å². The number of pyridine rings is 2. The third-order valence-electron chi connectivity index (χ3n) is 10.4. The molecule has 1 spiro atoms. The summed E-state index contributed by atoms with van der Waals surface area (Å²) >= 11 is 0. The van der Waals surface area contributed by atoms with Gasteiger partial charge in [-0.2, -0.15) is 0 Å². The highest BCUT2D eigenvalue weighted by molar-refractivity contribution is 7.93. The van der Waals surface area contributed by atoms with Crippen LogP contribution in [0.3, 0.4) is 0 Å². The molecule has 2 saturated heterocycles. The second kappa shape index (κ2) is 11.1. The van der Waals surface area contributed by atoms with Gasteiger partial charge in [-0.3, -0.25) is 19.4 Å². The Kier molecular flexibility index (Phi) is 7.50. The fourth-order valence-corrected chi connectivity index (χ4v) is 8.97. The molecule has 2 aromatic heterocycles. The fraction of sp³-hybridized carbons (Fsp3) is 0.531. The standard InChI is InChI=1S/C32H38N6O4S.ClH/c1-36-28-20-33-26-6-3-21(17-25(26)29(28)32(31(36)39)9-2-10-32)22-18-27(35-43(40,41)24-4-5-24)30(34-19-22)38-11-7-23(8-12-38)37-13-15-42-16-14-37;/h3,6,17-20,23-24,35H,2,4-5,7-16H2,1H3;1H. The first kappa shape index (κ1) is 29.7. The molecule has 1 amide bonds. The molecule has 1 N–H and O–H groups in total. The molecule has 0 atom stereocenters. The number of hydrogen-bond acceptors (Lipinski definition) is 8. The molecule has 5 heterocycles. The van der Waals surface area contributed by atoms with E-state index in [2.05, 4.69) is 25.6 Å². The summed E-state index contributed by atoms with van der Waals surface area (Å²) in [6.45, 7) is 5.17. The Hall–Kier alpha value is -2.99. The van der Waals surface area contributed by atoms with Gasteiger partial charge in [0.1, 0.15) is 0 Å². The van der Waals surface area contributed by atoms with Gasteiger partial charge in [-0.25, -0.2) is 13.4 Å². The lowest BCUT2D eigenvalue weighted by Crippen LogP contribution is -2.49. The number of anilines is 3. The lowest BCUT2D eigenvalue weighted by atomic mass is 9.64. The fourth-order valence-electron chi connectivity index (χ4n) is 7.59. The van der Waals surface area contributed by atoms with Crippen molar-refractivity contribution in [3.63, 3.8) is 0 Å². The van der Waals surface area contributed by atoms with Crippen LogP contribution in [0.1, 0.15) is 50.5 Å². The molecule has 0 radical (unpaired) electrons. The van der Waals surface area contributed by atoms with E-state index in [1.165, 1.54) is 0 Å². The maximum Gasteiger partial charge on any atom is 0.237 e. The molecule has 4 fully saturated rings. The summed E-state index contributed by atoms with van der Waals surface area (Å²) in [7, 11) is -1.64. The molecule has 3 aromatic rings. The highest BCUT2D eigenvalue weighted by Gasteiger charge is 2.54. The van der Waals surface area contributed by atoms with Gasteiger partial charge in [-0.1, -0.05) is 12.5 Å². The van der Waals surface area contributed by atoms with Crippen LogP contribution in [0.15, 0.2) is 36.7 Å². The lowest BCUT2D eigenvalue weighted by Gasteiger charge is -2.40. The second-order valence-corrected chi connectivity index (χ2v) is 14.8. The van der Waals surface area contributed by atoms with Crippen LogP contribution in [-0.2, 0) is 25.0 Å². The van der Waals surface area contributed by atoms with Gasteiger partial charge in [0.05, 0.1) is 47.0 Å². The van der Waals surface area contributed by atoms with E-state index in [9.17, 15) is 13.2 Å². The van der Waals surface area contributed by atoms with Gasteiger partial charge < -0.3 is 14.5 Å². The normalized spacial score (nSPS) is 22.2. The zero-order valence-corrected chi connectivity index (χ0v) is 26.6. The van der Waals surface area contributed by atoms with Crippen molar-refractivity contribution >= 4 is 56.4 Å². The minimum absolute atomic E-state index is 0. The number of nitrogens with one attached hydrogen (secondary N) is 1. The SMILES string of the molecule is CN1C(=O)C2(CCC2)c2c1cnc1ccc(-c3cnc(N4CCC(N5CCOCC5)CC4)c(NS(=O)(=O)C4CC4)c3)cc21.Cl. The van der Waals surface area contributed by atoms with E-state index in [1.54, 1.807) is 4.90 Å². The summed E-state index contributed by atoms with van der Waals surface area (Å²) in [5, 5.41) is 0.653. The van der Waals surface area contributed by atoms with Gasteiger partial charge in [0.2, 0.25) is 15.9 Å². The summed E-state index contributed by atoms with van der Waals surface area (Å²) in [5.41, 5.74) is 4.68. The molecule has 8 rings (SSSR count). The number of aromatic nitrogens is 2. The Morgan fingerprint density at radius 2 is 1.70 bits per heavy atom. The number of nitrogens with zero attached hydrogens (tertiary/aromatic N) is 5. The van der Waals surface area contributed by atoms with Crippen molar-refractivity contribution in [1.82, 2.24) is 14.9 Å². The first-order valence-corrected chi connectivity index (χ1v) is 17.2. The van der Waals surface area contributed by atoms with Crippen LogP contribution in [0.25, 0.3) is 22.0 Å². The molecule has 234 valence electrons. The van der Waals surface area contributed by atoms with E-state index >= 15 is 0 Å². The van der Waals surface area contributed by atoms with Gasteiger partial charge in [0.15, 0.2) is 5.82 Å². The first-order chi connectivity index (χ1) is 20.8. The Balaban J connectivity index is 0.00000312. The largest absolute Gasteiger partial charge is 0.379 e. The summed E-state index contributed by atoms with van der Waals surface area (Å²) in [4.78, 5) is 29.4. The minimum Gasteiger partial charge on any atom is -0.379 e. The highest BCUT2D eigenvalue weighted by Crippen LogP contribution is 2.55. The number of rotatable bonds is 6. The van der Waals surface area contributed by atoms with E-state index in [4.69, 9.17) is 9.72 Å². The second-order valence-electron chi connectivity index (χ2n) is 12.9. The minimum atomic E-state index is -3.49. The number of carbonyl (C=O) groups excluding carboxylic acids is 1. The zero-order valence-electron chi connectivity index (χ0n) is 25.0. The van der Waals surface area contributed by atoms with Gasteiger partial charge in [-0.15, -0.1) is 12.4 Å². The molecule has 0 bridgehead atoms. The van der Waals surface area contributed by atoms with Crippen LogP contribution < -0.4 is 14.5 Å². The molecular weight excluding hydrogens is 600 g/mol. The molecule has 0 unspecified atom stereocenters. The number of piperidine rings is 1. The predicted molar refractivity (Wildman–Crippen MR) is 174 cm³/mol. The van der Waals surface area contributed by atoms with Crippen LogP contribution >= 0.6 is 12.4 Å². The number of fused-ring (bicyclic) bond motifs is 4. The summed E-state index contributed by atoms with van der Waals surface area (Å²) in [6.07, 6.45) is 9.85. The monoisotopic (exact) mass is 638 g/mol. The number of halogens is 1. The van der Waals surface area contributed by atoms with Crippen LogP contribution in [0, 0.1) is 0 Å². The number of amides is 1. The number of sulfonamides is 1. The zero-order chi connectivity index (χ0) is 29.3. The van der Waals surface area contributed by atoms with Crippen LogP contribution in [0.4, 0.5) is 17.2 Å². The Labute approximate surface area is 264 Å². The van der Waals surface area contributed by atoms with E-state index in [0.717, 1.165) is 105 Å². The third kappa shape index (κ3) is 4.83. The average molecular weight is 639 g/mol. The highest BCUT2D eigenvalue weighted by atomic mass is 35.5. The topological polar surface area (TPSA) is 108 Å². The molecule has 5 aliphatic rings. The Morgan fingerprint density at radius 3 is 2.39 bits per heavy atom. The molecular formula is C32H39ClN6O4S. The predicted octanol–water partition coefficient (Wildman–Crippen LogP) is 4.32. The lowest BCUT2D eigenvalue weighted by molar-refractivity contribution is -0.125. The third-order valence-corrected chi connectivity index (χ3v) is 12.2. The number of carbonyl (C=O) groups is 1. The molecule has 3 aliphatic heterocycles. The van der Waals surface area contributed by atoms with Crippen LogP contribution in [0.2, 0.25) is 0 Å². The van der Waals surface area contributed by atoms with Crippen LogP contribution in [0.5, 0.6) is 0 Å². The molecule has 2 saturated carbocycles. The van der Waals surface area contributed by atoms with E-state index in [-0.39, 0.29) is 23.6 Å². The van der Waals surface area contributed by atoms with Crippen molar-refractivity contribution in [1.29, 1.82) is 0 Å². The van der Waals surface area contributed by atoms with Crippen molar-refractivity contribution in [2.24, 2.45) is 0 Å². The number of morpholine rings is 1. The van der Waals surface area contributed by atoms with Crippen molar-refractivity contribution in [3.8, 4) is 11.1 Å². The molecule has 1 aromatic carbocycles. The molecule has 10 nitrogen and oxygen atoms in total. The Morgan fingerprint density at radius 1 is 0.955 bits per heavy atom. The number of hydrogen-bond donors (Lipinski definition) is 1. The molecule has 12 heteroatoms. The van der Waals surface area contributed by atoms with Gasteiger partial charge >= 0.3 is 0 Å². The summed E-state index contributed by atoms with van der Waals surface area (Å²) in [5.74, 6) is 0.853. The number of ether oxygens (including phenoxy) is 1. The maximum absolute atomic E-state index is 13.3. The van der Waals surface area contributed by atoms with Crippen molar-refractivity contribution in [3.05, 3.63) is 42.2 Å². The Bertz CT molecular complexity index is 1710. The van der Waals surface area contributed by atoms with Crippen molar-refractivity contribution < 1.29 is 17.9 Å². The quantitative estimate of drug-likeness (QED) is 0.425. The smallest absolute Gasteiger partial charge is 0.237 e. The maximum atomic E-state index is 13.3. The van der Waals surface area contributed by atoms with E-state index in [1.807, 2.05) is 37.6 Å².